The Balaban J connectivity index is 1.35. The van der Waals surface area contributed by atoms with E-state index in [9.17, 15) is 9.59 Å². The van der Waals surface area contributed by atoms with E-state index in [0.29, 0.717) is 17.7 Å². The zero-order chi connectivity index (χ0) is 22.5. The summed E-state index contributed by atoms with van der Waals surface area (Å²) in [6.45, 7) is 0.339. The summed E-state index contributed by atoms with van der Waals surface area (Å²) in [4.78, 5) is 30.4. The zero-order valence-electron chi connectivity index (χ0n) is 17.6. The molecule has 2 N–H and O–H groups in total. The molecule has 0 saturated carbocycles. The molecule has 0 aliphatic rings. The zero-order valence-corrected chi connectivity index (χ0v) is 18.4. The summed E-state index contributed by atoms with van der Waals surface area (Å²) in [5, 5.41) is 20.6. The van der Waals surface area contributed by atoms with E-state index in [4.69, 9.17) is 0 Å². The van der Waals surface area contributed by atoms with Crippen LogP contribution in [0.25, 0.3) is 32.2 Å². The van der Waals surface area contributed by atoms with Crippen LogP contribution in [0.5, 0.6) is 0 Å². The predicted molar refractivity (Wildman–Crippen MR) is 124 cm³/mol. The van der Waals surface area contributed by atoms with Crippen LogP contribution in [-0.2, 0) is 31.2 Å². The summed E-state index contributed by atoms with van der Waals surface area (Å²) in [5.74, 6) is 0.0523. The highest BCUT2D eigenvalue weighted by molar-refractivity contribution is 7.19. The van der Waals surface area contributed by atoms with Gasteiger partial charge in [-0.2, -0.15) is 15.3 Å². The lowest BCUT2D eigenvalue weighted by molar-refractivity contribution is -0.117. The molecule has 33 heavy (non-hydrogen) atoms. The van der Waals surface area contributed by atoms with Crippen molar-refractivity contribution in [3.8, 4) is 0 Å². The third-order valence-corrected chi connectivity index (χ3v) is 6.84. The van der Waals surface area contributed by atoms with Crippen LogP contribution in [-0.4, -0.2) is 45.5 Å². The molecule has 6 aromatic rings. The maximum atomic E-state index is 13.3. The number of thiazole rings is 1. The fraction of sp³-hybridized carbons (Fsp3) is 0.182. The third-order valence-electron chi connectivity index (χ3n) is 5.76. The number of aromatic amines is 2. The van der Waals surface area contributed by atoms with E-state index in [2.05, 4.69) is 30.5 Å². The Labute approximate surface area is 189 Å². The molecule has 0 saturated heterocycles. The summed E-state index contributed by atoms with van der Waals surface area (Å²) >= 11 is 1.43. The number of H-pyrrole nitrogens is 2. The molecule has 0 unspecified atom stereocenters. The minimum absolute atomic E-state index is 0.0523. The van der Waals surface area contributed by atoms with Crippen molar-refractivity contribution in [1.82, 2.24) is 39.7 Å². The third kappa shape index (κ3) is 3.24. The van der Waals surface area contributed by atoms with E-state index in [1.807, 2.05) is 25.2 Å². The van der Waals surface area contributed by atoms with Gasteiger partial charge in [0, 0.05) is 36.1 Å². The number of nitrogens with zero attached hydrogens (tertiary/aromatic N) is 6. The van der Waals surface area contributed by atoms with Crippen LogP contribution in [0.15, 0.2) is 47.7 Å². The number of Topliss-reactive ketones (excluding diaryl/α,β-unsaturated/α-hetero) is 1. The van der Waals surface area contributed by atoms with Crippen molar-refractivity contribution in [3.05, 3.63) is 69.5 Å². The summed E-state index contributed by atoms with van der Waals surface area (Å²) in [6, 6.07) is 7.62. The standard InChI is InChI=1S/C22H18N8O2S/c1-29-19-16(20-21(29)26-18(33-20)8-14(31)7-13-5-6-23-27-13)10-25-30(22(19)32)11-12-3-2-4-17-15(12)9-24-28-17/h2-6,9-10H,7-8,11H2,1H3,(H,23,27)(H,24,28). The van der Waals surface area contributed by atoms with Gasteiger partial charge < -0.3 is 4.57 Å². The number of aromatic nitrogens is 8. The van der Waals surface area contributed by atoms with Crippen molar-refractivity contribution in [1.29, 1.82) is 0 Å². The molecule has 0 bridgehead atoms. The van der Waals surface area contributed by atoms with Crippen LogP contribution in [0.1, 0.15) is 16.3 Å². The van der Waals surface area contributed by atoms with Crippen LogP contribution >= 0.6 is 11.3 Å². The molecule has 0 fully saturated rings. The number of ketones is 1. The van der Waals surface area contributed by atoms with E-state index >= 15 is 0 Å². The molecule has 0 spiro atoms. The highest BCUT2D eigenvalue weighted by Gasteiger charge is 2.20. The maximum absolute atomic E-state index is 13.3. The molecule has 1 aromatic carbocycles. The lowest BCUT2D eigenvalue weighted by atomic mass is 10.1. The van der Waals surface area contributed by atoms with Crippen LogP contribution in [0.2, 0.25) is 0 Å². The molecule has 5 aromatic heterocycles. The number of rotatable bonds is 6. The van der Waals surface area contributed by atoms with Gasteiger partial charge in [0.25, 0.3) is 5.56 Å². The summed E-state index contributed by atoms with van der Waals surface area (Å²) in [7, 11) is 1.82. The van der Waals surface area contributed by atoms with E-state index < -0.39 is 0 Å². The Kier molecular flexibility index (Phi) is 4.44. The Morgan fingerprint density at radius 2 is 2.00 bits per heavy atom. The van der Waals surface area contributed by atoms with Crippen LogP contribution in [0, 0.1) is 0 Å². The number of hydrogen-bond donors (Lipinski definition) is 2. The van der Waals surface area contributed by atoms with Crippen LogP contribution < -0.4 is 5.56 Å². The van der Waals surface area contributed by atoms with Crippen LogP contribution in [0.4, 0.5) is 0 Å². The largest absolute Gasteiger partial charge is 0.323 e. The number of fused-ring (bicyclic) bond motifs is 4. The van der Waals surface area contributed by atoms with Crippen molar-refractivity contribution in [2.75, 3.05) is 0 Å². The average molecular weight is 459 g/mol. The number of aryl methyl sites for hydroxylation is 1. The molecule has 0 atom stereocenters. The molecule has 5 heterocycles. The Hall–Kier alpha value is -4.12. The van der Waals surface area contributed by atoms with Crippen molar-refractivity contribution >= 4 is 49.3 Å². The van der Waals surface area contributed by atoms with Gasteiger partial charge in [-0.05, 0) is 17.7 Å². The molecule has 0 amide bonds. The first-order chi connectivity index (χ1) is 16.1. The highest BCUT2D eigenvalue weighted by atomic mass is 32.1. The van der Waals surface area contributed by atoms with E-state index in [1.165, 1.54) is 16.0 Å². The molecular weight excluding hydrogens is 440 g/mol. The van der Waals surface area contributed by atoms with Gasteiger partial charge in [0.1, 0.15) is 16.3 Å². The number of hydrogen-bond acceptors (Lipinski definition) is 7. The molecule has 0 aliphatic heterocycles. The predicted octanol–water partition coefficient (Wildman–Crippen LogP) is 2.35. The number of benzene rings is 1. The monoisotopic (exact) mass is 458 g/mol. The van der Waals surface area contributed by atoms with Crippen molar-refractivity contribution in [3.63, 3.8) is 0 Å². The van der Waals surface area contributed by atoms with Gasteiger partial charge in [0.15, 0.2) is 5.65 Å². The summed E-state index contributed by atoms with van der Waals surface area (Å²) in [5.41, 5.74) is 3.71. The lowest BCUT2D eigenvalue weighted by Gasteiger charge is -2.07. The molecule has 11 heteroatoms. The van der Waals surface area contributed by atoms with Crippen LogP contribution in [0.3, 0.4) is 0 Å². The minimum atomic E-state index is -0.183. The summed E-state index contributed by atoms with van der Waals surface area (Å²) < 4.78 is 4.12. The smallest absolute Gasteiger partial charge is 0.291 e. The molecule has 0 radical (unpaired) electrons. The maximum Gasteiger partial charge on any atom is 0.291 e. The average Bonchev–Trinajstić information content (AvgIpc) is 3.57. The summed E-state index contributed by atoms with van der Waals surface area (Å²) in [6.07, 6.45) is 5.61. The van der Waals surface area contributed by atoms with Gasteiger partial charge in [-0.15, -0.1) is 11.3 Å². The van der Waals surface area contributed by atoms with E-state index in [1.54, 1.807) is 29.2 Å². The van der Waals surface area contributed by atoms with Gasteiger partial charge in [-0.3, -0.25) is 19.8 Å². The van der Waals surface area contributed by atoms with Gasteiger partial charge >= 0.3 is 0 Å². The fourth-order valence-corrected chi connectivity index (χ4v) is 5.31. The second kappa shape index (κ2) is 7.48. The van der Waals surface area contributed by atoms with Gasteiger partial charge in [-0.1, -0.05) is 12.1 Å². The number of carbonyl (C=O) groups is 1. The second-order valence-corrected chi connectivity index (χ2v) is 9.00. The Bertz CT molecular complexity index is 1700. The second-order valence-electron chi connectivity index (χ2n) is 7.91. The van der Waals surface area contributed by atoms with Gasteiger partial charge in [0.05, 0.1) is 35.6 Å². The lowest BCUT2D eigenvalue weighted by Crippen LogP contribution is -2.24. The SMILES string of the molecule is Cn1c2nc(CC(=O)Cc3ccn[nH]3)sc2c2cnn(Cc3cccc4[nH]ncc34)c(=O)c21. The molecule has 6 rings (SSSR count). The fourth-order valence-electron chi connectivity index (χ4n) is 4.18. The van der Waals surface area contributed by atoms with E-state index in [-0.39, 0.29) is 24.2 Å². The first kappa shape index (κ1) is 19.6. The number of nitrogens with one attached hydrogen (secondary N) is 2. The van der Waals surface area contributed by atoms with E-state index in [0.717, 1.165) is 37.3 Å². The molecule has 0 aliphatic carbocycles. The topological polar surface area (TPSA) is 127 Å². The van der Waals surface area contributed by atoms with Gasteiger partial charge in [0.2, 0.25) is 0 Å². The first-order valence-corrected chi connectivity index (χ1v) is 11.1. The van der Waals surface area contributed by atoms with Crippen molar-refractivity contribution in [2.45, 2.75) is 19.4 Å². The molecule has 164 valence electrons. The van der Waals surface area contributed by atoms with Crippen molar-refractivity contribution in [2.24, 2.45) is 7.05 Å². The highest BCUT2D eigenvalue weighted by Crippen LogP contribution is 2.31. The molecular formula is C22H18N8O2S. The Morgan fingerprint density at radius 3 is 2.85 bits per heavy atom. The quantitative estimate of drug-likeness (QED) is 0.394. The van der Waals surface area contributed by atoms with Gasteiger partial charge in [-0.25, -0.2) is 9.67 Å². The minimum Gasteiger partial charge on any atom is -0.323 e. The molecule has 10 nitrogen and oxygen atoms in total. The first-order valence-electron chi connectivity index (χ1n) is 10.3. The number of carbonyl (C=O) groups excluding carboxylic acids is 1. The normalized spacial score (nSPS) is 11.8. The Morgan fingerprint density at radius 1 is 1.09 bits per heavy atom. The van der Waals surface area contributed by atoms with Crippen molar-refractivity contribution < 1.29 is 4.79 Å².